The highest BCUT2D eigenvalue weighted by atomic mass is 16.5. The second-order valence-corrected chi connectivity index (χ2v) is 5.11. The van der Waals surface area contributed by atoms with Gasteiger partial charge in [0.05, 0.1) is 12.7 Å². The molecular weight excluding hydrogens is 202 g/mol. The molecule has 0 spiro atoms. The topological polar surface area (TPSA) is 30.5 Å². The third-order valence-corrected chi connectivity index (χ3v) is 3.96. The zero-order chi connectivity index (χ0) is 11.2. The lowest BCUT2D eigenvalue weighted by Crippen LogP contribution is -2.42. The Hall–Kier alpha value is -0.120. The fourth-order valence-electron chi connectivity index (χ4n) is 2.80. The van der Waals surface area contributed by atoms with Gasteiger partial charge < -0.3 is 14.8 Å². The fraction of sp³-hybridized carbons (Fsp3) is 1.00. The van der Waals surface area contributed by atoms with Gasteiger partial charge >= 0.3 is 0 Å². The van der Waals surface area contributed by atoms with Crippen molar-refractivity contribution in [2.75, 3.05) is 26.9 Å². The summed E-state index contributed by atoms with van der Waals surface area (Å²) in [6.45, 7) is 2.79. The van der Waals surface area contributed by atoms with E-state index in [-0.39, 0.29) is 0 Å². The van der Waals surface area contributed by atoms with E-state index in [0.29, 0.717) is 12.1 Å². The summed E-state index contributed by atoms with van der Waals surface area (Å²) < 4.78 is 11.5. The minimum Gasteiger partial charge on any atom is -0.381 e. The molecule has 3 nitrogen and oxygen atoms in total. The molecule has 0 amide bonds. The molecule has 0 aromatic rings. The molecule has 2 aliphatic rings. The zero-order valence-electron chi connectivity index (χ0n) is 10.4. The summed E-state index contributed by atoms with van der Waals surface area (Å²) in [5.74, 6) is 0.730. The Kier molecular flexibility index (Phi) is 5.07. The Morgan fingerprint density at radius 3 is 2.62 bits per heavy atom. The Bertz CT molecular complexity index is 192. The largest absolute Gasteiger partial charge is 0.381 e. The molecule has 94 valence electrons. The van der Waals surface area contributed by atoms with Crippen LogP contribution < -0.4 is 5.32 Å². The van der Waals surface area contributed by atoms with E-state index in [2.05, 4.69) is 12.4 Å². The van der Waals surface area contributed by atoms with E-state index in [1.54, 1.807) is 0 Å². The zero-order valence-corrected chi connectivity index (χ0v) is 10.4. The van der Waals surface area contributed by atoms with Crippen molar-refractivity contribution in [3.05, 3.63) is 0 Å². The minimum absolute atomic E-state index is 0.446. The molecule has 16 heavy (non-hydrogen) atoms. The molecule has 0 aromatic heterocycles. The molecule has 1 aliphatic carbocycles. The van der Waals surface area contributed by atoms with Gasteiger partial charge in [-0.2, -0.15) is 0 Å². The van der Waals surface area contributed by atoms with Crippen molar-refractivity contribution in [1.82, 2.24) is 5.32 Å². The van der Waals surface area contributed by atoms with Gasteiger partial charge in [-0.1, -0.05) is 12.8 Å². The van der Waals surface area contributed by atoms with Crippen LogP contribution in [-0.4, -0.2) is 39.0 Å². The van der Waals surface area contributed by atoms with Gasteiger partial charge in [-0.05, 0) is 38.6 Å². The molecule has 1 heterocycles. The summed E-state index contributed by atoms with van der Waals surface area (Å²) in [5.41, 5.74) is 0. The first-order chi connectivity index (χ1) is 7.90. The van der Waals surface area contributed by atoms with Gasteiger partial charge in [0.25, 0.3) is 0 Å². The van der Waals surface area contributed by atoms with Crippen LogP contribution in [0.2, 0.25) is 0 Å². The van der Waals surface area contributed by atoms with E-state index in [0.717, 1.165) is 25.7 Å². The summed E-state index contributed by atoms with van der Waals surface area (Å²) >= 11 is 0. The molecule has 3 heteroatoms. The number of ether oxygens (including phenoxy) is 2. The number of hydrogen-bond donors (Lipinski definition) is 1. The van der Waals surface area contributed by atoms with Gasteiger partial charge in [0, 0.05) is 19.3 Å². The number of rotatable bonds is 4. The van der Waals surface area contributed by atoms with Crippen molar-refractivity contribution >= 4 is 0 Å². The molecule has 0 radical (unpaired) electrons. The van der Waals surface area contributed by atoms with Crippen molar-refractivity contribution in [2.24, 2.45) is 5.92 Å². The highest BCUT2D eigenvalue weighted by Gasteiger charge is 2.25. The number of hydrogen-bond acceptors (Lipinski definition) is 3. The normalized spacial score (nSPS) is 32.8. The molecule has 1 aliphatic heterocycles. The van der Waals surface area contributed by atoms with Crippen LogP contribution in [0, 0.1) is 5.92 Å². The standard InChI is InChI=1S/C13H25NO2/c1-14-12-4-2-3-5-13(12)16-10-11-6-8-15-9-7-11/h11-14H,2-10H2,1H3. The Morgan fingerprint density at radius 2 is 1.88 bits per heavy atom. The highest BCUT2D eigenvalue weighted by molar-refractivity contribution is 4.81. The molecule has 1 saturated carbocycles. The van der Waals surface area contributed by atoms with Gasteiger partial charge in [0.15, 0.2) is 0 Å². The van der Waals surface area contributed by atoms with Crippen LogP contribution in [0.25, 0.3) is 0 Å². The Morgan fingerprint density at radius 1 is 1.12 bits per heavy atom. The Balaban J connectivity index is 1.70. The first-order valence-corrected chi connectivity index (χ1v) is 6.76. The van der Waals surface area contributed by atoms with Crippen LogP contribution in [0.15, 0.2) is 0 Å². The van der Waals surface area contributed by atoms with E-state index in [9.17, 15) is 0 Å². The second-order valence-electron chi connectivity index (χ2n) is 5.11. The lowest BCUT2D eigenvalue weighted by molar-refractivity contribution is -0.0348. The van der Waals surface area contributed by atoms with E-state index in [1.165, 1.54) is 38.5 Å². The van der Waals surface area contributed by atoms with Crippen LogP contribution in [0.4, 0.5) is 0 Å². The molecule has 2 unspecified atom stereocenters. The van der Waals surface area contributed by atoms with Gasteiger partial charge in [-0.15, -0.1) is 0 Å². The maximum Gasteiger partial charge on any atom is 0.0728 e. The van der Waals surface area contributed by atoms with Gasteiger partial charge in [-0.25, -0.2) is 0 Å². The summed E-state index contributed by atoms with van der Waals surface area (Å²) in [6.07, 6.45) is 7.98. The highest BCUT2D eigenvalue weighted by Crippen LogP contribution is 2.23. The van der Waals surface area contributed by atoms with E-state index < -0.39 is 0 Å². The predicted octanol–water partition coefficient (Wildman–Crippen LogP) is 1.96. The number of nitrogens with one attached hydrogen (secondary N) is 1. The lowest BCUT2D eigenvalue weighted by Gasteiger charge is -2.33. The maximum atomic E-state index is 6.11. The maximum absolute atomic E-state index is 6.11. The summed E-state index contributed by atoms with van der Waals surface area (Å²) in [6, 6.07) is 0.577. The van der Waals surface area contributed by atoms with Crippen LogP contribution in [0.1, 0.15) is 38.5 Å². The van der Waals surface area contributed by atoms with Crippen LogP contribution in [-0.2, 0) is 9.47 Å². The average Bonchev–Trinajstić information content (AvgIpc) is 2.38. The third-order valence-electron chi connectivity index (χ3n) is 3.96. The van der Waals surface area contributed by atoms with Crippen molar-refractivity contribution in [2.45, 2.75) is 50.7 Å². The monoisotopic (exact) mass is 227 g/mol. The number of likely N-dealkylation sites (N-methyl/N-ethyl adjacent to an activating group) is 1. The summed E-state index contributed by atoms with van der Waals surface area (Å²) in [5, 5.41) is 3.39. The second kappa shape index (κ2) is 6.58. The third kappa shape index (κ3) is 3.44. The first-order valence-electron chi connectivity index (χ1n) is 6.76. The smallest absolute Gasteiger partial charge is 0.0728 e. The first kappa shape index (κ1) is 12.3. The SMILES string of the molecule is CNC1CCCCC1OCC1CCOCC1. The molecule has 0 bridgehead atoms. The Labute approximate surface area is 98.9 Å². The van der Waals surface area contributed by atoms with Crippen molar-refractivity contribution in [3.63, 3.8) is 0 Å². The quantitative estimate of drug-likeness (QED) is 0.796. The summed E-state index contributed by atoms with van der Waals surface area (Å²) in [4.78, 5) is 0. The lowest BCUT2D eigenvalue weighted by atomic mass is 9.92. The minimum atomic E-state index is 0.446. The summed E-state index contributed by atoms with van der Waals surface area (Å²) in [7, 11) is 2.06. The van der Waals surface area contributed by atoms with E-state index in [1.807, 2.05) is 0 Å². The van der Waals surface area contributed by atoms with Crippen molar-refractivity contribution in [1.29, 1.82) is 0 Å². The molecule has 0 aromatic carbocycles. The van der Waals surface area contributed by atoms with Crippen LogP contribution in [0.5, 0.6) is 0 Å². The average molecular weight is 227 g/mol. The van der Waals surface area contributed by atoms with Gasteiger partial charge in [0.2, 0.25) is 0 Å². The molecule has 2 fully saturated rings. The van der Waals surface area contributed by atoms with Gasteiger partial charge in [-0.3, -0.25) is 0 Å². The van der Waals surface area contributed by atoms with Gasteiger partial charge in [0.1, 0.15) is 0 Å². The van der Waals surface area contributed by atoms with Crippen molar-refractivity contribution < 1.29 is 9.47 Å². The molecule has 2 atom stereocenters. The van der Waals surface area contributed by atoms with Crippen LogP contribution in [0.3, 0.4) is 0 Å². The molecular formula is C13H25NO2. The van der Waals surface area contributed by atoms with E-state index in [4.69, 9.17) is 9.47 Å². The van der Waals surface area contributed by atoms with E-state index >= 15 is 0 Å². The van der Waals surface area contributed by atoms with Crippen LogP contribution >= 0.6 is 0 Å². The van der Waals surface area contributed by atoms with Crippen molar-refractivity contribution in [3.8, 4) is 0 Å². The molecule has 1 saturated heterocycles. The molecule has 1 N–H and O–H groups in total. The molecule has 2 rings (SSSR count). The fourth-order valence-corrected chi connectivity index (χ4v) is 2.80. The predicted molar refractivity (Wildman–Crippen MR) is 64.6 cm³/mol.